The Kier molecular flexibility index (Phi) is 1.71. The molecule has 0 bridgehead atoms. The first kappa shape index (κ1) is 11.6. The molecule has 0 aromatic heterocycles. The summed E-state index contributed by atoms with van der Waals surface area (Å²) in [6.07, 6.45) is 0. The SMILES string of the molecule is c1ccc2c(c1)O[P-]13(OCCO1)(O2)Oc1ccccc1O3. The molecule has 2 aromatic carbocycles. The molecule has 1 spiro atoms. The Morgan fingerprint density at radius 3 is 1.24 bits per heavy atom. The second-order valence-electron chi connectivity index (χ2n) is 5.04. The van der Waals surface area contributed by atoms with E-state index in [1.54, 1.807) is 24.3 Å². The van der Waals surface area contributed by atoms with Crippen molar-refractivity contribution in [3.63, 3.8) is 0 Å². The van der Waals surface area contributed by atoms with E-state index in [1.165, 1.54) is 0 Å². The number of benzene rings is 2. The average Bonchev–Trinajstić information content (AvgIpc) is 3.10. The van der Waals surface area contributed by atoms with Gasteiger partial charge in [0.05, 0.1) is 0 Å². The molecule has 0 N–H and O–H groups in total. The molecule has 3 heterocycles. The van der Waals surface area contributed by atoms with Gasteiger partial charge in [0, 0.05) is 0 Å². The monoisotopic (exact) mass is 307 g/mol. The van der Waals surface area contributed by atoms with Gasteiger partial charge >= 0.3 is 119 Å². The van der Waals surface area contributed by atoms with Crippen LogP contribution in [0.2, 0.25) is 0 Å². The third kappa shape index (κ3) is 1.24. The molecule has 0 aliphatic carbocycles. The number of rotatable bonds is 0. The normalized spacial score (nSPS) is 27.8. The molecular formula is C14H12O6P-. The Morgan fingerprint density at radius 2 is 0.905 bits per heavy atom. The summed E-state index contributed by atoms with van der Waals surface area (Å²) in [6.45, 7) is 0.523. The molecule has 0 atom stereocenters. The van der Waals surface area contributed by atoms with Crippen molar-refractivity contribution in [2.75, 3.05) is 13.2 Å². The second-order valence-corrected chi connectivity index (χ2v) is 8.53. The van der Waals surface area contributed by atoms with Crippen LogP contribution in [0.3, 0.4) is 0 Å². The summed E-state index contributed by atoms with van der Waals surface area (Å²) in [5.41, 5.74) is 0. The van der Waals surface area contributed by atoms with Crippen molar-refractivity contribution in [1.29, 1.82) is 0 Å². The van der Waals surface area contributed by atoms with Crippen LogP contribution in [-0.2, 0) is 9.05 Å². The first-order valence-corrected chi connectivity index (χ1v) is 8.83. The molecule has 5 rings (SSSR count). The first-order valence-electron chi connectivity index (χ1n) is 6.64. The van der Waals surface area contributed by atoms with E-state index in [0.717, 1.165) is 0 Å². The summed E-state index contributed by atoms with van der Waals surface area (Å²) in [7, 11) is -5.22. The van der Waals surface area contributed by atoms with Crippen molar-refractivity contribution >= 4 is 7.31 Å². The molecule has 3 aliphatic heterocycles. The average molecular weight is 307 g/mol. The van der Waals surface area contributed by atoms with E-state index >= 15 is 0 Å². The second kappa shape index (κ2) is 3.09. The Bertz CT molecular complexity index is 660. The molecule has 0 amide bonds. The van der Waals surface area contributed by atoms with Crippen LogP contribution in [0.25, 0.3) is 0 Å². The van der Waals surface area contributed by atoms with Crippen molar-refractivity contribution < 1.29 is 27.1 Å². The van der Waals surface area contributed by atoms with Crippen molar-refractivity contribution in [2.45, 2.75) is 0 Å². The molecule has 3 aliphatic rings. The molecule has 1 fully saturated rings. The zero-order valence-corrected chi connectivity index (χ0v) is 11.8. The van der Waals surface area contributed by atoms with Gasteiger partial charge in [0.1, 0.15) is 0 Å². The van der Waals surface area contributed by atoms with E-state index in [-0.39, 0.29) is 13.2 Å². The fourth-order valence-corrected chi connectivity index (χ4v) is 6.64. The summed E-state index contributed by atoms with van der Waals surface area (Å²) in [5, 5.41) is 0. The fourth-order valence-electron chi connectivity index (χ4n) is 2.81. The van der Waals surface area contributed by atoms with E-state index in [0.29, 0.717) is 23.0 Å². The van der Waals surface area contributed by atoms with Gasteiger partial charge in [0.25, 0.3) is 0 Å². The Balaban J connectivity index is 1.75. The van der Waals surface area contributed by atoms with Crippen molar-refractivity contribution in [1.82, 2.24) is 0 Å². The van der Waals surface area contributed by atoms with Gasteiger partial charge in [0.15, 0.2) is 0 Å². The zero-order valence-electron chi connectivity index (χ0n) is 10.9. The van der Waals surface area contributed by atoms with E-state index in [9.17, 15) is 0 Å². The maximum atomic E-state index is 6.00. The zero-order chi connectivity index (χ0) is 14.0. The van der Waals surface area contributed by atoms with Crippen molar-refractivity contribution in [3.8, 4) is 23.0 Å². The van der Waals surface area contributed by atoms with Gasteiger partial charge in [-0.15, -0.1) is 0 Å². The van der Waals surface area contributed by atoms with E-state index in [2.05, 4.69) is 0 Å². The minimum absolute atomic E-state index is 0.262. The predicted molar refractivity (Wildman–Crippen MR) is 74.2 cm³/mol. The number of para-hydroxylation sites is 4. The van der Waals surface area contributed by atoms with Gasteiger partial charge in [-0.3, -0.25) is 0 Å². The van der Waals surface area contributed by atoms with E-state index < -0.39 is 7.31 Å². The maximum absolute atomic E-state index is 6.00. The predicted octanol–water partition coefficient (Wildman–Crippen LogP) is 3.56. The van der Waals surface area contributed by atoms with Gasteiger partial charge in [-0.05, 0) is 0 Å². The minimum atomic E-state index is -5.22. The summed E-state index contributed by atoms with van der Waals surface area (Å²) in [4.78, 5) is 0. The van der Waals surface area contributed by atoms with Crippen molar-refractivity contribution in [2.24, 2.45) is 0 Å². The molecule has 1 saturated heterocycles. The molecule has 0 unspecified atom stereocenters. The van der Waals surface area contributed by atoms with Gasteiger partial charge in [-0.1, -0.05) is 0 Å². The fraction of sp³-hybridized carbons (Fsp3) is 0.143. The van der Waals surface area contributed by atoms with Gasteiger partial charge in [-0.2, -0.15) is 0 Å². The topological polar surface area (TPSA) is 55.4 Å². The van der Waals surface area contributed by atoms with E-state index in [4.69, 9.17) is 27.1 Å². The van der Waals surface area contributed by atoms with E-state index in [1.807, 2.05) is 24.3 Å². The number of hydrogen-bond acceptors (Lipinski definition) is 6. The Hall–Kier alpha value is -2.01. The number of fused-ring (bicyclic) bond motifs is 2. The molecule has 7 heteroatoms. The van der Waals surface area contributed by atoms with Crippen LogP contribution in [0.15, 0.2) is 48.5 Å². The summed E-state index contributed by atoms with van der Waals surface area (Å²) < 4.78 is 35.7. The Morgan fingerprint density at radius 1 is 0.571 bits per heavy atom. The van der Waals surface area contributed by atoms with Gasteiger partial charge < -0.3 is 0 Å². The molecule has 110 valence electrons. The summed E-state index contributed by atoms with van der Waals surface area (Å²) in [6, 6.07) is 14.4. The quantitative estimate of drug-likeness (QED) is 0.694. The molecular weight excluding hydrogens is 295 g/mol. The summed E-state index contributed by atoms with van der Waals surface area (Å²) >= 11 is 0. The van der Waals surface area contributed by atoms with Crippen LogP contribution < -0.4 is 18.1 Å². The van der Waals surface area contributed by atoms with Crippen LogP contribution in [0.4, 0.5) is 0 Å². The van der Waals surface area contributed by atoms with Crippen LogP contribution in [-0.4, -0.2) is 13.2 Å². The standard InChI is InChI=1S/C14H12O6P/c1-2-6-12-11(5-1)17-21(18-12,15-9-10-16-21)19-13-7-3-4-8-14(13)20-21/h1-8H,9-10H2/q-1. The number of hydrogen-bond donors (Lipinski definition) is 0. The van der Waals surface area contributed by atoms with Crippen LogP contribution in [0.1, 0.15) is 0 Å². The van der Waals surface area contributed by atoms with Crippen LogP contribution in [0, 0.1) is 0 Å². The van der Waals surface area contributed by atoms with Crippen LogP contribution >= 0.6 is 7.31 Å². The van der Waals surface area contributed by atoms with Crippen LogP contribution in [0.5, 0.6) is 23.0 Å². The molecule has 2 aromatic rings. The molecule has 0 saturated carbocycles. The van der Waals surface area contributed by atoms with Gasteiger partial charge in [0.2, 0.25) is 0 Å². The molecule has 0 radical (unpaired) electrons. The Labute approximate surface area is 120 Å². The third-order valence-corrected chi connectivity index (χ3v) is 7.33. The molecule has 6 nitrogen and oxygen atoms in total. The van der Waals surface area contributed by atoms with Crippen molar-refractivity contribution in [3.05, 3.63) is 48.5 Å². The summed E-state index contributed by atoms with van der Waals surface area (Å²) in [5.74, 6) is 1.90. The third-order valence-electron chi connectivity index (χ3n) is 3.63. The molecule has 21 heavy (non-hydrogen) atoms. The first-order chi connectivity index (χ1) is 10.2. The van der Waals surface area contributed by atoms with Gasteiger partial charge in [-0.25, -0.2) is 0 Å².